The van der Waals surface area contributed by atoms with E-state index in [1.54, 1.807) is 6.07 Å². The van der Waals surface area contributed by atoms with Crippen molar-refractivity contribution >= 4 is 11.7 Å². The lowest BCUT2D eigenvalue weighted by Crippen LogP contribution is -2.24. The van der Waals surface area contributed by atoms with E-state index in [4.69, 9.17) is 10.4 Å². The maximum atomic E-state index is 11.0. The third kappa shape index (κ3) is 2.23. The van der Waals surface area contributed by atoms with Gasteiger partial charge in [-0.2, -0.15) is 5.26 Å². The SMILES string of the molecule is Cc1ccc(C#N)c(NCC2(C(=O)O)CC2)c1. The number of aliphatic carboxylic acids is 1. The molecule has 2 rings (SSSR count). The van der Waals surface area contributed by atoms with E-state index in [-0.39, 0.29) is 0 Å². The first-order chi connectivity index (χ1) is 8.07. The van der Waals surface area contributed by atoms with E-state index in [1.165, 1.54) is 0 Å². The summed E-state index contributed by atoms with van der Waals surface area (Å²) in [5, 5.41) is 21.1. The summed E-state index contributed by atoms with van der Waals surface area (Å²) in [5.41, 5.74) is 1.71. The summed E-state index contributed by atoms with van der Waals surface area (Å²) in [7, 11) is 0. The minimum absolute atomic E-state index is 0.389. The second-order valence-corrected chi connectivity index (χ2v) is 4.60. The smallest absolute Gasteiger partial charge is 0.311 e. The molecule has 2 N–H and O–H groups in total. The van der Waals surface area contributed by atoms with Crippen molar-refractivity contribution in [1.82, 2.24) is 0 Å². The van der Waals surface area contributed by atoms with Crippen LogP contribution in [0.25, 0.3) is 0 Å². The first kappa shape index (κ1) is 11.5. The Labute approximate surface area is 99.9 Å². The molecule has 0 aliphatic heterocycles. The predicted molar refractivity (Wildman–Crippen MR) is 63.7 cm³/mol. The van der Waals surface area contributed by atoms with Gasteiger partial charge in [-0.25, -0.2) is 0 Å². The number of nitriles is 1. The lowest BCUT2D eigenvalue weighted by atomic mass is 10.1. The number of carbonyl (C=O) groups is 1. The molecule has 1 aliphatic carbocycles. The molecule has 0 spiro atoms. The van der Waals surface area contributed by atoms with Gasteiger partial charge in [0.15, 0.2) is 0 Å². The van der Waals surface area contributed by atoms with Gasteiger partial charge < -0.3 is 10.4 Å². The van der Waals surface area contributed by atoms with Gasteiger partial charge in [0.2, 0.25) is 0 Å². The van der Waals surface area contributed by atoms with Gasteiger partial charge in [-0.05, 0) is 37.5 Å². The fraction of sp³-hybridized carbons (Fsp3) is 0.385. The number of hydrogen-bond acceptors (Lipinski definition) is 3. The third-order valence-electron chi connectivity index (χ3n) is 3.22. The fourth-order valence-electron chi connectivity index (χ4n) is 1.78. The van der Waals surface area contributed by atoms with E-state index in [9.17, 15) is 4.79 Å². The molecule has 0 aromatic heterocycles. The van der Waals surface area contributed by atoms with Gasteiger partial charge in [0.25, 0.3) is 0 Å². The van der Waals surface area contributed by atoms with Crippen molar-refractivity contribution in [2.24, 2.45) is 5.41 Å². The van der Waals surface area contributed by atoms with Gasteiger partial charge in [0.05, 0.1) is 16.7 Å². The number of hydrogen-bond donors (Lipinski definition) is 2. The van der Waals surface area contributed by atoms with Crippen molar-refractivity contribution < 1.29 is 9.90 Å². The van der Waals surface area contributed by atoms with Gasteiger partial charge in [0, 0.05) is 6.54 Å². The number of carboxylic acid groups (broad SMARTS) is 1. The van der Waals surface area contributed by atoms with E-state index in [0.717, 1.165) is 11.3 Å². The molecule has 0 atom stereocenters. The second kappa shape index (κ2) is 4.10. The van der Waals surface area contributed by atoms with Gasteiger partial charge in [-0.1, -0.05) is 6.07 Å². The Bertz CT molecular complexity index is 499. The molecule has 1 fully saturated rings. The van der Waals surface area contributed by atoms with Crippen molar-refractivity contribution in [1.29, 1.82) is 5.26 Å². The molecule has 4 heteroatoms. The maximum absolute atomic E-state index is 11.0. The van der Waals surface area contributed by atoms with Crippen LogP contribution in [-0.4, -0.2) is 17.6 Å². The molecule has 1 aromatic carbocycles. The standard InChI is InChI=1S/C13H14N2O2/c1-9-2-3-10(7-14)11(6-9)15-8-13(4-5-13)12(16)17/h2-3,6,15H,4-5,8H2,1H3,(H,16,17). The van der Waals surface area contributed by atoms with Gasteiger partial charge in [-0.3, -0.25) is 4.79 Å². The zero-order valence-corrected chi connectivity index (χ0v) is 9.66. The van der Waals surface area contributed by atoms with Crippen LogP contribution in [-0.2, 0) is 4.79 Å². The molecule has 0 heterocycles. The summed E-state index contributed by atoms with van der Waals surface area (Å²) in [6.45, 7) is 2.33. The Morgan fingerprint density at radius 2 is 2.29 bits per heavy atom. The second-order valence-electron chi connectivity index (χ2n) is 4.60. The minimum Gasteiger partial charge on any atom is -0.481 e. The summed E-state index contributed by atoms with van der Waals surface area (Å²) in [6, 6.07) is 7.59. The first-order valence-electron chi connectivity index (χ1n) is 5.55. The zero-order valence-electron chi connectivity index (χ0n) is 9.66. The summed E-state index contributed by atoms with van der Waals surface area (Å²) in [5.74, 6) is -0.754. The Morgan fingerprint density at radius 3 is 2.82 bits per heavy atom. The topological polar surface area (TPSA) is 73.1 Å². The van der Waals surface area contributed by atoms with Crippen molar-refractivity contribution in [3.05, 3.63) is 29.3 Å². The number of benzene rings is 1. The monoisotopic (exact) mass is 230 g/mol. The van der Waals surface area contributed by atoms with Gasteiger partial charge in [0.1, 0.15) is 6.07 Å². The maximum Gasteiger partial charge on any atom is 0.311 e. The van der Waals surface area contributed by atoms with Gasteiger partial charge >= 0.3 is 5.97 Å². The van der Waals surface area contributed by atoms with Crippen molar-refractivity contribution in [3.8, 4) is 6.07 Å². The van der Waals surface area contributed by atoms with Crippen LogP contribution >= 0.6 is 0 Å². The Hall–Kier alpha value is -2.02. The highest BCUT2D eigenvalue weighted by Crippen LogP contribution is 2.45. The predicted octanol–water partition coefficient (Wildman–Crippen LogP) is 2.14. The van der Waals surface area contributed by atoms with Crippen LogP contribution in [0.1, 0.15) is 24.0 Å². The van der Waals surface area contributed by atoms with Crippen molar-refractivity contribution in [2.45, 2.75) is 19.8 Å². The molecule has 0 unspecified atom stereocenters. The number of carboxylic acids is 1. The molecule has 0 amide bonds. The average molecular weight is 230 g/mol. The number of rotatable bonds is 4. The quantitative estimate of drug-likeness (QED) is 0.831. The van der Waals surface area contributed by atoms with E-state index in [1.807, 2.05) is 19.1 Å². The number of anilines is 1. The number of nitrogens with zero attached hydrogens (tertiary/aromatic N) is 1. The molecule has 0 bridgehead atoms. The number of nitrogens with one attached hydrogen (secondary N) is 1. The highest BCUT2D eigenvalue weighted by Gasteiger charge is 2.50. The Balaban J connectivity index is 2.12. The van der Waals surface area contributed by atoms with Crippen LogP contribution in [0.2, 0.25) is 0 Å². The van der Waals surface area contributed by atoms with Crippen LogP contribution in [0.4, 0.5) is 5.69 Å². The molecule has 1 saturated carbocycles. The summed E-state index contributed by atoms with van der Waals surface area (Å²) in [6.07, 6.45) is 1.42. The first-order valence-corrected chi connectivity index (χ1v) is 5.55. The molecule has 4 nitrogen and oxygen atoms in total. The molecule has 0 radical (unpaired) electrons. The van der Waals surface area contributed by atoms with E-state index >= 15 is 0 Å². The molecular weight excluding hydrogens is 216 g/mol. The van der Waals surface area contributed by atoms with Crippen LogP contribution in [0, 0.1) is 23.7 Å². The Kier molecular flexibility index (Phi) is 2.76. The zero-order chi connectivity index (χ0) is 12.5. The van der Waals surface area contributed by atoms with E-state index in [2.05, 4.69) is 11.4 Å². The van der Waals surface area contributed by atoms with Crippen LogP contribution in [0.3, 0.4) is 0 Å². The lowest BCUT2D eigenvalue weighted by molar-refractivity contribution is -0.142. The van der Waals surface area contributed by atoms with E-state index in [0.29, 0.717) is 24.9 Å². The van der Waals surface area contributed by atoms with Crippen molar-refractivity contribution in [3.63, 3.8) is 0 Å². The molecular formula is C13H14N2O2. The third-order valence-corrected chi connectivity index (χ3v) is 3.22. The van der Waals surface area contributed by atoms with E-state index < -0.39 is 11.4 Å². The van der Waals surface area contributed by atoms with Crippen LogP contribution in [0.15, 0.2) is 18.2 Å². The molecule has 1 aromatic rings. The number of aryl methyl sites for hydroxylation is 1. The van der Waals surface area contributed by atoms with Crippen LogP contribution < -0.4 is 5.32 Å². The van der Waals surface area contributed by atoms with Crippen LogP contribution in [0.5, 0.6) is 0 Å². The van der Waals surface area contributed by atoms with Crippen molar-refractivity contribution in [2.75, 3.05) is 11.9 Å². The molecule has 17 heavy (non-hydrogen) atoms. The normalized spacial score (nSPS) is 16.0. The highest BCUT2D eigenvalue weighted by molar-refractivity contribution is 5.78. The van der Waals surface area contributed by atoms with Gasteiger partial charge in [-0.15, -0.1) is 0 Å². The molecule has 1 aliphatic rings. The summed E-state index contributed by atoms with van der Waals surface area (Å²) in [4.78, 5) is 11.0. The summed E-state index contributed by atoms with van der Waals surface area (Å²) >= 11 is 0. The summed E-state index contributed by atoms with van der Waals surface area (Å²) < 4.78 is 0. The fourth-order valence-corrected chi connectivity index (χ4v) is 1.78. The molecule has 0 saturated heterocycles. The highest BCUT2D eigenvalue weighted by atomic mass is 16.4. The molecule has 88 valence electrons. The minimum atomic E-state index is -0.754. The Morgan fingerprint density at radius 1 is 1.59 bits per heavy atom. The lowest BCUT2D eigenvalue weighted by Gasteiger charge is -2.13. The average Bonchev–Trinajstić information content (AvgIpc) is 3.07. The largest absolute Gasteiger partial charge is 0.481 e.